The number of imidazole rings is 1. The minimum Gasteiger partial charge on any atom is -0.360 e. The molecule has 1 aliphatic rings. The van der Waals surface area contributed by atoms with Crippen molar-refractivity contribution >= 4 is 0 Å². The number of unbranched alkanes of at least 4 members (excludes halogenated alkanes) is 1. The molecule has 0 spiro atoms. The molecule has 6 nitrogen and oxygen atoms in total. The molecule has 126 valence electrons. The van der Waals surface area contributed by atoms with Crippen molar-refractivity contribution in [3.63, 3.8) is 0 Å². The highest BCUT2D eigenvalue weighted by Crippen LogP contribution is 2.10. The Kier molecular flexibility index (Phi) is 5.46. The number of hydrogen-bond acceptors (Lipinski definition) is 5. The number of nitrogens with zero attached hydrogens (tertiary/aromatic N) is 5. The summed E-state index contributed by atoms with van der Waals surface area (Å²) in [6, 6.07) is 2.03. The fourth-order valence-corrected chi connectivity index (χ4v) is 3.14. The quantitative estimate of drug-likeness (QED) is 0.732. The lowest BCUT2D eigenvalue weighted by Crippen LogP contribution is -2.46. The average molecular weight is 317 g/mol. The lowest BCUT2D eigenvalue weighted by molar-refractivity contribution is 0.117. The summed E-state index contributed by atoms with van der Waals surface area (Å²) in [4.78, 5) is 9.29. The van der Waals surface area contributed by atoms with E-state index in [1.165, 1.54) is 19.4 Å². The molecule has 3 heterocycles. The van der Waals surface area contributed by atoms with Crippen LogP contribution < -0.4 is 0 Å². The number of hydrogen-bond donors (Lipinski definition) is 0. The second-order valence-corrected chi connectivity index (χ2v) is 6.43. The van der Waals surface area contributed by atoms with Gasteiger partial charge in [-0.2, -0.15) is 0 Å². The number of piperazine rings is 1. The molecule has 0 atom stereocenters. The Morgan fingerprint density at radius 2 is 1.78 bits per heavy atom. The van der Waals surface area contributed by atoms with Gasteiger partial charge in [-0.05, 0) is 33.2 Å². The van der Waals surface area contributed by atoms with Gasteiger partial charge >= 0.3 is 0 Å². The predicted octanol–water partition coefficient (Wildman–Crippen LogP) is 2.09. The first-order valence-corrected chi connectivity index (χ1v) is 8.55. The Hall–Kier alpha value is -1.66. The molecular formula is C17H27N5O. The van der Waals surface area contributed by atoms with Gasteiger partial charge in [0.05, 0.1) is 12.2 Å². The molecule has 0 aromatic carbocycles. The highest BCUT2D eigenvalue weighted by Gasteiger charge is 2.17. The van der Waals surface area contributed by atoms with Gasteiger partial charge in [0.2, 0.25) is 0 Å². The lowest BCUT2D eigenvalue weighted by atomic mass is 10.2. The van der Waals surface area contributed by atoms with E-state index < -0.39 is 0 Å². The molecule has 0 bridgehead atoms. The van der Waals surface area contributed by atoms with Crippen molar-refractivity contribution in [1.82, 2.24) is 24.5 Å². The van der Waals surface area contributed by atoms with Crippen molar-refractivity contribution in [1.29, 1.82) is 0 Å². The largest absolute Gasteiger partial charge is 0.360 e. The summed E-state index contributed by atoms with van der Waals surface area (Å²) in [5.41, 5.74) is 0.965. The Bertz CT molecular complexity index is 598. The van der Waals surface area contributed by atoms with Crippen LogP contribution in [0.4, 0.5) is 0 Å². The van der Waals surface area contributed by atoms with Crippen molar-refractivity contribution in [3.05, 3.63) is 35.7 Å². The molecule has 1 aliphatic heterocycles. The second-order valence-electron chi connectivity index (χ2n) is 6.43. The SMILES string of the molecule is Cc1cc(CN2CCN(CCCCn3ccnc3C)CC2)on1. The molecule has 3 rings (SSSR count). The van der Waals surface area contributed by atoms with Gasteiger partial charge in [0.1, 0.15) is 5.82 Å². The molecule has 0 radical (unpaired) electrons. The van der Waals surface area contributed by atoms with Gasteiger partial charge in [0, 0.05) is 51.2 Å². The van der Waals surface area contributed by atoms with Crippen LogP contribution in [-0.4, -0.2) is 57.2 Å². The smallest absolute Gasteiger partial charge is 0.150 e. The Balaban J connectivity index is 1.31. The summed E-state index contributed by atoms with van der Waals surface area (Å²) in [7, 11) is 0. The van der Waals surface area contributed by atoms with Gasteiger partial charge in [-0.1, -0.05) is 5.16 Å². The van der Waals surface area contributed by atoms with E-state index in [9.17, 15) is 0 Å². The van der Waals surface area contributed by atoms with E-state index >= 15 is 0 Å². The molecule has 1 fully saturated rings. The van der Waals surface area contributed by atoms with E-state index in [4.69, 9.17) is 4.52 Å². The molecule has 1 saturated heterocycles. The van der Waals surface area contributed by atoms with Crippen molar-refractivity contribution in [3.8, 4) is 0 Å². The van der Waals surface area contributed by atoms with E-state index in [-0.39, 0.29) is 0 Å². The van der Waals surface area contributed by atoms with Gasteiger partial charge < -0.3 is 14.0 Å². The molecule has 0 saturated carbocycles. The maximum atomic E-state index is 5.31. The molecule has 2 aromatic heterocycles. The third kappa shape index (κ3) is 4.65. The van der Waals surface area contributed by atoms with Crippen LogP contribution in [0.1, 0.15) is 30.1 Å². The van der Waals surface area contributed by atoms with Crippen LogP contribution in [0.15, 0.2) is 23.0 Å². The average Bonchev–Trinajstić information content (AvgIpc) is 3.14. The monoisotopic (exact) mass is 317 g/mol. The Morgan fingerprint density at radius 1 is 1.04 bits per heavy atom. The summed E-state index contributed by atoms with van der Waals surface area (Å²) in [5, 5.41) is 3.96. The third-order valence-electron chi connectivity index (χ3n) is 4.57. The van der Waals surface area contributed by atoms with E-state index in [1.807, 2.05) is 19.2 Å². The summed E-state index contributed by atoms with van der Waals surface area (Å²) < 4.78 is 7.54. The number of aromatic nitrogens is 3. The van der Waals surface area contributed by atoms with Crippen LogP contribution in [0.2, 0.25) is 0 Å². The van der Waals surface area contributed by atoms with Crippen molar-refractivity contribution in [2.24, 2.45) is 0 Å². The standard InChI is InChI=1S/C17H27N5O/c1-15-13-17(23-19-15)14-21-11-9-20(10-12-21)6-3-4-7-22-8-5-18-16(22)2/h5,8,13H,3-4,6-7,9-12,14H2,1-2H3. The highest BCUT2D eigenvalue weighted by atomic mass is 16.5. The van der Waals surface area contributed by atoms with Gasteiger partial charge in [0.15, 0.2) is 5.76 Å². The summed E-state index contributed by atoms with van der Waals surface area (Å²) in [5.74, 6) is 2.09. The Labute approximate surface area is 138 Å². The van der Waals surface area contributed by atoms with Crippen LogP contribution in [-0.2, 0) is 13.1 Å². The minimum atomic E-state index is 0.884. The summed E-state index contributed by atoms with van der Waals surface area (Å²) >= 11 is 0. The Morgan fingerprint density at radius 3 is 2.43 bits per heavy atom. The molecule has 0 N–H and O–H groups in total. The maximum absolute atomic E-state index is 5.31. The van der Waals surface area contributed by atoms with E-state index in [0.717, 1.165) is 56.5 Å². The van der Waals surface area contributed by atoms with Crippen molar-refractivity contribution < 1.29 is 4.52 Å². The fourth-order valence-electron chi connectivity index (χ4n) is 3.14. The van der Waals surface area contributed by atoms with Gasteiger partial charge in [-0.15, -0.1) is 0 Å². The molecule has 23 heavy (non-hydrogen) atoms. The topological polar surface area (TPSA) is 50.3 Å². The molecule has 2 aromatic rings. The van der Waals surface area contributed by atoms with Crippen LogP contribution in [0.3, 0.4) is 0 Å². The molecule has 0 unspecified atom stereocenters. The van der Waals surface area contributed by atoms with Gasteiger partial charge in [-0.3, -0.25) is 4.90 Å². The normalized spacial score (nSPS) is 17.0. The third-order valence-corrected chi connectivity index (χ3v) is 4.57. The first-order valence-electron chi connectivity index (χ1n) is 8.55. The molecular weight excluding hydrogens is 290 g/mol. The first kappa shape index (κ1) is 16.2. The van der Waals surface area contributed by atoms with Gasteiger partial charge in [0.25, 0.3) is 0 Å². The molecule has 0 aliphatic carbocycles. The van der Waals surface area contributed by atoms with Crippen molar-refractivity contribution in [2.45, 2.75) is 39.8 Å². The fraction of sp³-hybridized carbons (Fsp3) is 0.647. The second kappa shape index (κ2) is 7.75. The maximum Gasteiger partial charge on any atom is 0.150 e. The summed E-state index contributed by atoms with van der Waals surface area (Å²) in [6.45, 7) is 11.7. The molecule has 6 heteroatoms. The summed E-state index contributed by atoms with van der Waals surface area (Å²) in [6.07, 6.45) is 6.41. The predicted molar refractivity (Wildman–Crippen MR) is 89.2 cm³/mol. The lowest BCUT2D eigenvalue weighted by Gasteiger charge is -2.34. The minimum absolute atomic E-state index is 0.884. The van der Waals surface area contributed by atoms with Crippen LogP contribution in [0.25, 0.3) is 0 Å². The first-order chi connectivity index (χ1) is 11.2. The zero-order valence-electron chi connectivity index (χ0n) is 14.2. The van der Waals surface area contributed by atoms with Crippen LogP contribution >= 0.6 is 0 Å². The van der Waals surface area contributed by atoms with E-state index in [1.54, 1.807) is 0 Å². The van der Waals surface area contributed by atoms with Gasteiger partial charge in [-0.25, -0.2) is 4.98 Å². The zero-order chi connectivity index (χ0) is 16.1. The zero-order valence-corrected chi connectivity index (χ0v) is 14.2. The van der Waals surface area contributed by atoms with Crippen molar-refractivity contribution in [2.75, 3.05) is 32.7 Å². The molecule has 0 amide bonds. The van der Waals surface area contributed by atoms with E-state index in [0.29, 0.717) is 0 Å². The van der Waals surface area contributed by atoms with E-state index in [2.05, 4.69) is 37.6 Å². The van der Waals surface area contributed by atoms with Crippen LogP contribution in [0, 0.1) is 13.8 Å². The number of rotatable bonds is 7. The van der Waals surface area contributed by atoms with Crippen LogP contribution in [0.5, 0.6) is 0 Å². The number of aryl methyl sites for hydroxylation is 3. The highest BCUT2D eigenvalue weighted by molar-refractivity contribution is 5.03.